The zero-order valence-electron chi connectivity index (χ0n) is 16.9. The van der Waals surface area contributed by atoms with Crippen LogP contribution in [0.2, 0.25) is 0 Å². The molecule has 0 bridgehead atoms. The molecule has 2 rings (SSSR count). The molecule has 0 fully saturated rings. The molecule has 0 heterocycles. The maximum atomic E-state index is 9.72. The van der Waals surface area contributed by atoms with Gasteiger partial charge in [0.25, 0.3) is 0 Å². The average molecular weight is 388 g/mol. The third kappa shape index (κ3) is 6.82. The standard InChI is InChI=1S/C23H33NO4/c1-3-19(17(2)27)6-5-11-24-22-7-4-8-23(13-22)28-16-18-9-10-20(14-25)21(12-18)15-26/h4,7-10,12-13,17,19,24-27H,3,5-6,11,14-16H2,1-2H3. The Bertz CT molecular complexity index is 717. The van der Waals surface area contributed by atoms with E-state index in [0.29, 0.717) is 12.5 Å². The van der Waals surface area contributed by atoms with Crippen molar-refractivity contribution >= 4 is 5.69 Å². The van der Waals surface area contributed by atoms with Crippen molar-refractivity contribution in [3.63, 3.8) is 0 Å². The molecule has 28 heavy (non-hydrogen) atoms. The molecule has 2 aromatic carbocycles. The van der Waals surface area contributed by atoms with Gasteiger partial charge < -0.3 is 25.4 Å². The van der Waals surface area contributed by atoms with E-state index in [9.17, 15) is 15.3 Å². The minimum atomic E-state index is -0.250. The van der Waals surface area contributed by atoms with Crippen molar-refractivity contribution in [1.29, 1.82) is 0 Å². The van der Waals surface area contributed by atoms with E-state index in [4.69, 9.17) is 4.74 Å². The van der Waals surface area contributed by atoms with Gasteiger partial charge in [0.15, 0.2) is 0 Å². The molecule has 0 radical (unpaired) electrons. The highest BCUT2D eigenvalue weighted by Gasteiger charge is 2.11. The second-order valence-corrected chi connectivity index (χ2v) is 7.21. The molecule has 0 amide bonds. The van der Waals surface area contributed by atoms with Crippen LogP contribution in [0, 0.1) is 5.92 Å². The SMILES string of the molecule is CCC(CCCNc1cccc(OCc2ccc(CO)c(CO)c2)c1)C(C)O. The number of hydrogen-bond donors (Lipinski definition) is 4. The molecule has 154 valence electrons. The van der Waals surface area contributed by atoms with E-state index >= 15 is 0 Å². The first kappa shape index (κ1) is 22.2. The summed E-state index contributed by atoms with van der Waals surface area (Å²) in [4.78, 5) is 0. The summed E-state index contributed by atoms with van der Waals surface area (Å²) in [6.07, 6.45) is 2.77. The highest BCUT2D eigenvalue weighted by Crippen LogP contribution is 2.21. The van der Waals surface area contributed by atoms with Crippen LogP contribution in [0.1, 0.15) is 49.8 Å². The Kier molecular flexibility index (Phi) is 9.28. The lowest BCUT2D eigenvalue weighted by Crippen LogP contribution is -2.17. The number of aliphatic hydroxyl groups is 3. The van der Waals surface area contributed by atoms with E-state index in [1.807, 2.05) is 49.4 Å². The highest BCUT2D eigenvalue weighted by atomic mass is 16.5. The van der Waals surface area contributed by atoms with Crippen molar-refractivity contribution in [2.75, 3.05) is 11.9 Å². The molecule has 0 aromatic heterocycles. The summed E-state index contributed by atoms with van der Waals surface area (Å²) in [5, 5.41) is 31.8. The summed E-state index contributed by atoms with van der Waals surface area (Å²) >= 11 is 0. The highest BCUT2D eigenvalue weighted by molar-refractivity contribution is 5.48. The van der Waals surface area contributed by atoms with Gasteiger partial charge in [-0.2, -0.15) is 0 Å². The normalized spacial score (nSPS) is 13.2. The quantitative estimate of drug-likeness (QED) is 0.416. The molecule has 0 aliphatic rings. The Balaban J connectivity index is 1.84. The van der Waals surface area contributed by atoms with Crippen LogP contribution in [0.5, 0.6) is 5.75 Å². The van der Waals surface area contributed by atoms with Gasteiger partial charge in [0.2, 0.25) is 0 Å². The van der Waals surface area contributed by atoms with Gasteiger partial charge in [0.1, 0.15) is 12.4 Å². The zero-order chi connectivity index (χ0) is 20.4. The number of aliphatic hydroxyl groups excluding tert-OH is 3. The monoisotopic (exact) mass is 387 g/mol. The molecule has 0 aliphatic heterocycles. The summed E-state index contributed by atoms with van der Waals surface area (Å²) in [5.74, 6) is 1.13. The third-order valence-electron chi connectivity index (χ3n) is 5.14. The summed E-state index contributed by atoms with van der Waals surface area (Å²) in [5.41, 5.74) is 3.41. The molecular formula is C23H33NO4. The van der Waals surface area contributed by atoms with Crippen LogP contribution < -0.4 is 10.1 Å². The van der Waals surface area contributed by atoms with E-state index in [1.54, 1.807) is 0 Å². The number of rotatable bonds is 12. The van der Waals surface area contributed by atoms with Crippen molar-refractivity contribution in [2.24, 2.45) is 5.92 Å². The molecule has 2 atom stereocenters. The first-order valence-corrected chi connectivity index (χ1v) is 10.0. The van der Waals surface area contributed by atoms with Gasteiger partial charge in [-0.05, 0) is 60.6 Å². The van der Waals surface area contributed by atoms with Gasteiger partial charge >= 0.3 is 0 Å². The Labute approximate surface area is 168 Å². The zero-order valence-corrected chi connectivity index (χ0v) is 16.9. The maximum Gasteiger partial charge on any atom is 0.121 e. The maximum absolute atomic E-state index is 9.72. The fraction of sp³-hybridized carbons (Fsp3) is 0.478. The molecule has 2 unspecified atom stereocenters. The van der Waals surface area contributed by atoms with E-state index in [0.717, 1.165) is 53.9 Å². The average Bonchev–Trinajstić information content (AvgIpc) is 2.72. The predicted molar refractivity (Wildman–Crippen MR) is 112 cm³/mol. The Morgan fingerprint density at radius 2 is 1.82 bits per heavy atom. The predicted octanol–water partition coefficient (Wildman–Crippen LogP) is 3.85. The molecule has 2 aromatic rings. The van der Waals surface area contributed by atoms with Crippen LogP contribution in [0.3, 0.4) is 0 Å². The summed E-state index contributed by atoms with van der Waals surface area (Å²) in [6, 6.07) is 13.4. The van der Waals surface area contributed by atoms with Crippen LogP contribution >= 0.6 is 0 Å². The lowest BCUT2D eigenvalue weighted by atomic mass is 9.95. The minimum Gasteiger partial charge on any atom is -0.489 e. The van der Waals surface area contributed by atoms with Gasteiger partial charge in [0, 0.05) is 18.3 Å². The molecule has 5 heteroatoms. The lowest BCUT2D eigenvalue weighted by molar-refractivity contribution is 0.117. The first-order valence-electron chi connectivity index (χ1n) is 10.0. The van der Waals surface area contributed by atoms with Crippen LogP contribution in [0.15, 0.2) is 42.5 Å². The van der Waals surface area contributed by atoms with Crippen molar-refractivity contribution < 1.29 is 20.1 Å². The molecule has 0 spiro atoms. The number of anilines is 1. The Morgan fingerprint density at radius 1 is 1.04 bits per heavy atom. The van der Waals surface area contributed by atoms with Crippen LogP contribution in [-0.4, -0.2) is 28.0 Å². The van der Waals surface area contributed by atoms with Crippen molar-refractivity contribution in [3.05, 3.63) is 59.2 Å². The van der Waals surface area contributed by atoms with E-state index in [-0.39, 0.29) is 19.3 Å². The number of hydrogen-bond acceptors (Lipinski definition) is 5. The van der Waals surface area contributed by atoms with Gasteiger partial charge in [-0.3, -0.25) is 0 Å². The number of nitrogens with one attached hydrogen (secondary N) is 1. The third-order valence-corrected chi connectivity index (χ3v) is 5.14. The molecular weight excluding hydrogens is 354 g/mol. The summed E-state index contributed by atoms with van der Waals surface area (Å²) in [7, 11) is 0. The second kappa shape index (κ2) is 11.7. The Morgan fingerprint density at radius 3 is 2.50 bits per heavy atom. The molecule has 0 aliphatic carbocycles. The molecule has 0 saturated heterocycles. The molecule has 0 saturated carbocycles. The fourth-order valence-corrected chi connectivity index (χ4v) is 3.32. The van der Waals surface area contributed by atoms with Gasteiger partial charge in [-0.15, -0.1) is 0 Å². The van der Waals surface area contributed by atoms with Crippen molar-refractivity contribution in [1.82, 2.24) is 0 Å². The first-order chi connectivity index (χ1) is 13.6. The molecule has 5 nitrogen and oxygen atoms in total. The lowest BCUT2D eigenvalue weighted by Gasteiger charge is -2.18. The van der Waals surface area contributed by atoms with Gasteiger partial charge in [-0.1, -0.05) is 31.5 Å². The summed E-state index contributed by atoms with van der Waals surface area (Å²) < 4.78 is 5.88. The molecule has 4 N–H and O–H groups in total. The smallest absolute Gasteiger partial charge is 0.121 e. The van der Waals surface area contributed by atoms with Crippen LogP contribution in [-0.2, 0) is 19.8 Å². The van der Waals surface area contributed by atoms with Gasteiger partial charge in [0.05, 0.1) is 19.3 Å². The van der Waals surface area contributed by atoms with Crippen LogP contribution in [0.25, 0.3) is 0 Å². The van der Waals surface area contributed by atoms with E-state index < -0.39 is 0 Å². The van der Waals surface area contributed by atoms with E-state index in [2.05, 4.69) is 12.2 Å². The largest absolute Gasteiger partial charge is 0.489 e. The topological polar surface area (TPSA) is 82.0 Å². The van der Waals surface area contributed by atoms with Crippen molar-refractivity contribution in [3.8, 4) is 5.75 Å². The van der Waals surface area contributed by atoms with Gasteiger partial charge in [-0.25, -0.2) is 0 Å². The minimum absolute atomic E-state index is 0.0824. The second-order valence-electron chi connectivity index (χ2n) is 7.21. The Hall–Kier alpha value is -2.08. The number of benzene rings is 2. The summed E-state index contributed by atoms with van der Waals surface area (Å²) in [6.45, 7) is 5.05. The van der Waals surface area contributed by atoms with Crippen molar-refractivity contribution in [2.45, 2.75) is 59.0 Å². The fourth-order valence-electron chi connectivity index (χ4n) is 3.32. The van der Waals surface area contributed by atoms with Crippen LogP contribution in [0.4, 0.5) is 5.69 Å². The number of ether oxygens (including phenoxy) is 1. The van der Waals surface area contributed by atoms with E-state index in [1.165, 1.54) is 0 Å².